The van der Waals surface area contributed by atoms with E-state index in [1.165, 1.54) is 32.1 Å². The minimum absolute atomic E-state index is 0.00902. The second kappa shape index (κ2) is 11.4. The minimum atomic E-state index is -0.360. The smallest absolute Gasteiger partial charge is 0.234 e. The number of amides is 1. The molecule has 0 aromatic carbocycles. The number of hydrogen-bond donors (Lipinski definition) is 2. The average Bonchev–Trinajstić information content (AvgIpc) is 3.29. The first kappa shape index (κ1) is 22.6. The molecule has 9 heteroatoms. The fraction of sp³-hybridized carbons (Fsp3) is 0.864. The highest BCUT2D eigenvalue weighted by molar-refractivity contribution is 5.78. The van der Waals surface area contributed by atoms with E-state index in [1.54, 1.807) is 0 Å². The molecular weight excluding hydrogens is 398 g/mol. The van der Waals surface area contributed by atoms with Crippen LogP contribution < -0.4 is 5.32 Å². The molecule has 9 nitrogen and oxygen atoms in total. The minimum Gasteiger partial charge on any atom is -0.394 e. The summed E-state index contributed by atoms with van der Waals surface area (Å²) in [6, 6.07) is -0.140. The third-order valence-electron chi connectivity index (χ3n) is 6.87. The molecule has 3 fully saturated rings. The van der Waals surface area contributed by atoms with Crippen molar-refractivity contribution in [1.29, 1.82) is 0 Å². The standard InChI is InChI=1S/C22H37N5O4/c28-16-21-19(23-22(29)15-26-10-12-30-13-11-26)7-6-18(31-21)8-9-27-14-20(24-25-27)17-4-2-1-3-5-17/h14,17-19,21,28H,1-13,15-16H2,(H,23,29)/t18-,19-,21-/m1/s1. The van der Waals surface area contributed by atoms with Crippen molar-refractivity contribution in [1.82, 2.24) is 25.2 Å². The number of aromatic nitrogens is 3. The molecule has 0 unspecified atom stereocenters. The summed E-state index contributed by atoms with van der Waals surface area (Å²) in [6.45, 7) is 3.96. The lowest BCUT2D eigenvalue weighted by atomic mass is 9.87. The summed E-state index contributed by atoms with van der Waals surface area (Å²) in [6.07, 6.45) is 10.7. The van der Waals surface area contributed by atoms with Crippen molar-refractivity contribution < 1.29 is 19.4 Å². The quantitative estimate of drug-likeness (QED) is 0.630. The summed E-state index contributed by atoms with van der Waals surface area (Å²) in [5, 5.41) is 21.6. The first-order chi connectivity index (χ1) is 15.2. The van der Waals surface area contributed by atoms with Crippen LogP contribution in [0.1, 0.15) is 63.0 Å². The number of rotatable bonds is 8. The molecule has 1 aliphatic carbocycles. The number of nitrogens with one attached hydrogen (secondary N) is 1. The van der Waals surface area contributed by atoms with Gasteiger partial charge in [-0.1, -0.05) is 24.5 Å². The monoisotopic (exact) mass is 435 g/mol. The van der Waals surface area contributed by atoms with Crippen molar-refractivity contribution >= 4 is 5.91 Å². The van der Waals surface area contributed by atoms with Gasteiger partial charge in [-0.2, -0.15) is 0 Å². The molecular formula is C22H37N5O4. The normalized spacial score (nSPS) is 28.5. The Labute approximate surface area is 184 Å². The van der Waals surface area contributed by atoms with Gasteiger partial charge in [-0.3, -0.25) is 14.4 Å². The molecule has 174 valence electrons. The Balaban J connectivity index is 1.20. The zero-order valence-corrected chi connectivity index (χ0v) is 18.5. The molecule has 2 saturated heterocycles. The highest BCUT2D eigenvalue weighted by Gasteiger charge is 2.32. The number of hydrogen-bond acceptors (Lipinski definition) is 7. The number of aliphatic hydroxyl groups excluding tert-OH is 1. The van der Waals surface area contributed by atoms with Crippen molar-refractivity contribution in [2.45, 2.75) is 82.1 Å². The zero-order chi connectivity index (χ0) is 21.5. The summed E-state index contributed by atoms with van der Waals surface area (Å²) in [5.74, 6) is 0.555. The van der Waals surface area contributed by atoms with Crippen LogP contribution in [0.15, 0.2) is 6.20 Å². The van der Waals surface area contributed by atoms with Crippen LogP contribution in [0.3, 0.4) is 0 Å². The summed E-state index contributed by atoms with van der Waals surface area (Å²) in [4.78, 5) is 14.5. The lowest BCUT2D eigenvalue weighted by Gasteiger charge is -2.36. The van der Waals surface area contributed by atoms with E-state index in [-0.39, 0.29) is 30.8 Å². The van der Waals surface area contributed by atoms with E-state index < -0.39 is 0 Å². The van der Waals surface area contributed by atoms with E-state index in [9.17, 15) is 9.90 Å². The Morgan fingerprint density at radius 3 is 2.74 bits per heavy atom. The number of nitrogens with zero attached hydrogens (tertiary/aromatic N) is 4. The number of carbonyl (C=O) groups excluding carboxylic acids is 1. The lowest BCUT2D eigenvalue weighted by Crippen LogP contribution is -2.53. The number of ether oxygens (including phenoxy) is 2. The molecule has 3 heterocycles. The summed E-state index contributed by atoms with van der Waals surface area (Å²) in [5.41, 5.74) is 1.13. The molecule has 3 atom stereocenters. The SMILES string of the molecule is O=C(CN1CCOCC1)N[C@@H]1CC[C@H](CCn2cc(C3CCCCC3)nn2)O[C@@H]1CO. The van der Waals surface area contributed by atoms with Gasteiger partial charge in [0.2, 0.25) is 5.91 Å². The van der Waals surface area contributed by atoms with Crippen molar-refractivity contribution in [3.8, 4) is 0 Å². The molecule has 4 rings (SSSR count). The lowest BCUT2D eigenvalue weighted by molar-refractivity contribution is -0.130. The van der Waals surface area contributed by atoms with E-state index >= 15 is 0 Å². The van der Waals surface area contributed by atoms with Gasteiger partial charge in [0.15, 0.2) is 0 Å². The van der Waals surface area contributed by atoms with Gasteiger partial charge in [0, 0.05) is 31.7 Å². The van der Waals surface area contributed by atoms with E-state index in [2.05, 4.69) is 26.7 Å². The van der Waals surface area contributed by atoms with Gasteiger partial charge in [0.1, 0.15) is 6.10 Å². The molecule has 3 aliphatic rings. The summed E-state index contributed by atoms with van der Waals surface area (Å²) in [7, 11) is 0. The maximum absolute atomic E-state index is 12.4. The van der Waals surface area contributed by atoms with Crippen LogP contribution in [0, 0.1) is 0 Å². The topological polar surface area (TPSA) is 102 Å². The number of morpholine rings is 1. The van der Waals surface area contributed by atoms with Gasteiger partial charge in [-0.25, -0.2) is 0 Å². The van der Waals surface area contributed by atoms with Crippen molar-refractivity contribution in [3.05, 3.63) is 11.9 Å². The van der Waals surface area contributed by atoms with E-state index in [4.69, 9.17) is 9.47 Å². The van der Waals surface area contributed by atoms with Crippen molar-refractivity contribution in [2.75, 3.05) is 39.5 Å². The van der Waals surface area contributed by atoms with E-state index in [1.807, 2.05) is 4.68 Å². The van der Waals surface area contributed by atoms with Crippen LogP contribution in [-0.4, -0.2) is 88.6 Å². The van der Waals surface area contributed by atoms with Gasteiger partial charge in [-0.05, 0) is 32.1 Å². The maximum atomic E-state index is 12.4. The van der Waals surface area contributed by atoms with Gasteiger partial charge in [0.05, 0.1) is 44.2 Å². The molecule has 31 heavy (non-hydrogen) atoms. The highest BCUT2D eigenvalue weighted by Crippen LogP contribution is 2.31. The molecule has 1 saturated carbocycles. The van der Waals surface area contributed by atoms with Gasteiger partial charge in [0.25, 0.3) is 0 Å². The van der Waals surface area contributed by atoms with Crippen molar-refractivity contribution in [3.63, 3.8) is 0 Å². The molecule has 1 aromatic rings. The highest BCUT2D eigenvalue weighted by atomic mass is 16.5. The molecule has 0 radical (unpaired) electrons. The molecule has 2 aliphatic heterocycles. The van der Waals surface area contributed by atoms with Gasteiger partial charge < -0.3 is 19.9 Å². The fourth-order valence-electron chi connectivity index (χ4n) is 5.01. The first-order valence-electron chi connectivity index (χ1n) is 12.0. The summed E-state index contributed by atoms with van der Waals surface area (Å²) >= 11 is 0. The average molecular weight is 436 g/mol. The first-order valence-corrected chi connectivity index (χ1v) is 12.0. The van der Waals surface area contributed by atoms with Gasteiger partial charge >= 0.3 is 0 Å². The van der Waals surface area contributed by atoms with Gasteiger partial charge in [-0.15, -0.1) is 5.10 Å². The molecule has 1 amide bonds. The largest absolute Gasteiger partial charge is 0.394 e. The zero-order valence-electron chi connectivity index (χ0n) is 18.5. The third kappa shape index (κ3) is 6.47. The predicted octanol–water partition coefficient (Wildman–Crippen LogP) is 1.07. The van der Waals surface area contributed by atoms with Crippen LogP contribution in [-0.2, 0) is 20.8 Å². The Morgan fingerprint density at radius 2 is 1.97 bits per heavy atom. The van der Waals surface area contributed by atoms with E-state index in [0.717, 1.165) is 44.6 Å². The molecule has 0 spiro atoms. The fourth-order valence-corrected chi connectivity index (χ4v) is 5.01. The number of aliphatic hydroxyl groups is 1. The Morgan fingerprint density at radius 1 is 1.16 bits per heavy atom. The van der Waals surface area contributed by atoms with Crippen molar-refractivity contribution in [2.24, 2.45) is 0 Å². The van der Waals surface area contributed by atoms with Crippen LogP contribution in [0.25, 0.3) is 0 Å². The number of carbonyl (C=O) groups is 1. The third-order valence-corrected chi connectivity index (χ3v) is 6.87. The van der Waals surface area contributed by atoms with Crippen LogP contribution in [0.4, 0.5) is 0 Å². The Bertz CT molecular complexity index is 687. The number of aryl methyl sites for hydroxylation is 1. The molecule has 1 aromatic heterocycles. The molecule has 0 bridgehead atoms. The maximum Gasteiger partial charge on any atom is 0.234 e. The van der Waals surface area contributed by atoms with Crippen LogP contribution in [0.2, 0.25) is 0 Å². The predicted molar refractivity (Wildman–Crippen MR) is 115 cm³/mol. The molecule has 2 N–H and O–H groups in total. The Kier molecular flexibility index (Phi) is 8.29. The van der Waals surface area contributed by atoms with E-state index in [0.29, 0.717) is 25.7 Å². The van der Waals surface area contributed by atoms with Crippen LogP contribution in [0.5, 0.6) is 0 Å². The summed E-state index contributed by atoms with van der Waals surface area (Å²) < 4.78 is 13.4. The van der Waals surface area contributed by atoms with Crippen LogP contribution >= 0.6 is 0 Å². The Hall–Kier alpha value is -1.55. The second-order valence-electron chi connectivity index (χ2n) is 9.15. The second-order valence-corrected chi connectivity index (χ2v) is 9.15.